The van der Waals surface area contributed by atoms with Crippen LogP contribution in [0.5, 0.6) is 0 Å². The van der Waals surface area contributed by atoms with Gasteiger partial charge in [0.15, 0.2) is 0 Å². The number of hydrogen-bond acceptors (Lipinski definition) is 3. The smallest absolute Gasteiger partial charge is 0.0637 e. The van der Waals surface area contributed by atoms with Crippen LogP contribution in [-0.4, -0.2) is 36.6 Å². The van der Waals surface area contributed by atoms with Gasteiger partial charge in [-0.05, 0) is 30.6 Å². The minimum absolute atomic E-state index is 0.191. The average Bonchev–Trinajstić information content (AvgIpc) is 3.03. The summed E-state index contributed by atoms with van der Waals surface area (Å²) in [7, 11) is 1.72. The molecule has 4 atom stereocenters. The lowest BCUT2D eigenvalue weighted by atomic mass is 10.1. The van der Waals surface area contributed by atoms with Gasteiger partial charge < -0.3 is 14.9 Å². The largest absolute Gasteiger partial charge is 0.396 e. The monoisotopic (exact) mass is 214 g/mol. The van der Waals surface area contributed by atoms with Gasteiger partial charge in [-0.15, -0.1) is 0 Å². The molecule has 88 valence electrons. The van der Waals surface area contributed by atoms with E-state index in [0.29, 0.717) is 11.8 Å². The molecule has 0 bridgehead atoms. The van der Waals surface area contributed by atoms with E-state index in [1.165, 1.54) is 0 Å². The predicted molar refractivity (Wildman–Crippen MR) is 59.5 cm³/mol. The van der Waals surface area contributed by atoms with Crippen molar-refractivity contribution in [3.8, 4) is 0 Å². The van der Waals surface area contributed by atoms with Crippen LogP contribution in [0.1, 0.15) is 19.8 Å². The summed E-state index contributed by atoms with van der Waals surface area (Å²) in [5, 5.41) is 17.8. The van der Waals surface area contributed by atoms with E-state index in [-0.39, 0.29) is 25.2 Å². The van der Waals surface area contributed by atoms with Gasteiger partial charge in [0.25, 0.3) is 0 Å². The van der Waals surface area contributed by atoms with Gasteiger partial charge in [0.1, 0.15) is 0 Å². The summed E-state index contributed by atoms with van der Waals surface area (Å²) in [5.41, 5.74) is 0. The Morgan fingerprint density at radius 2 is 2.20 bits per heavy atom. The van der Waals surface area contributed by atoms with Gasteiger partial charge in [-0.3, -0.25) is 0 Å². The molecule has 1 saturated carbocycles. The molecular weight excluding hydrogens is 192 g/mol. The fourth-order valence-electron chi connectivity index (χ4n) is 1.89. The highest BCUT2D eigenvalue weighted by Crippen LogP contribution is 2.42. The molecule has 2 N–H and O–H groups in total. The number of ether oxygens (including phenoxy) is 1. The summed E-state index contributed by atoms with van der Waals surface area (Å²) < 4.78 is 5.40. The first-order valence-electron chi connectivity index (χ1n) is 5.64. The lowest BCUT2D eigenvalue weighted by molar-refractivity contribution is 0.0780. The van der Waals surface area contributed by atoms with Crippen LogP contribution in [-0.2, 0) is 4.74 Å². The summed E-state index contributed by atoms with van der Waals surface area (Å²) in [4.78, 5) is 0. The van der Waals surface area contributed by atoms with Gasteiger partial charge in [-0.2, -0.15) is 0 Å². The summed E-state index contributed by atoms with van der Waals surface area (Å²) in [6.07, 6.45) is 6.27. The summed E-state index contributed by atoms with van der Waals surface area (Å²) in [5.74, 6) is 1.18. The number of aliphatic hydroxyl groups excluding tert-OH is 2. The van der Waals surface area contributed by atoms with E-state index in [0.717, 1.165) is 12.8 Å². The van der Waals surface area contributed by atoms with Crippen LogP contribution >= 0.6 is 0 Å². The SMILES string of the molecule is CO[C@@H](C/C=C/[C@@H](C)CO)[C@@H]1C[C@H]1CO. The standard InChI is InChI=1S/C12H22O3/c1-9(7-13)4-3-5-12(15-2)11-6-10(11)8-14/h3-4,9-14H,5-8H2,1-2H3/b4-3+/t9-,10+,11-,12+/m1/s1. The van der Waals surface area contributed by atoms with E-state index >= 15 is 0 Å². The first kappa shape index (κ1) is 12.7. The number of rotatable bonds is 7. The molecule has 3 heteroatoms. The second-order valence-electron chi connectivity index (χ2n) is 4.44. The molecule has 0 aliphatic heterocycles. The fourth-order valence-corrected chi connectivity index (χ4v) is 1.89. The predicted octanol–water partition coefficient (Wildman–Crippen LogP) is 1.20. The molecule has 1 aliphatic rings. The highest BCUT2D eigenvalue weighted by molar-refractivity contribution is 4.96. The number of methoxy groups -OCH3 is 1. The first-order valence-corrected chi connectivity index (χ1v) is 5.64. The molecule has 1 fully saturated rings. The van der Waals surface area contributed by atoms with Crippen molar-refractivity contribution >= 4 is 0 Å². The molecule has 0 radical (unpaired) electrons. The van der Waals surface area contributed by atoms with Crippen molar-refractivity contribution in [1.82, 2.24) is 0 Å². The van der Waals surface area contributed by atoms with Gasteiger partial charge in [0.2, 0.25) is 0 Å². The lowest BCUT2D eigenvalue weighted by Crippen LogP contribution is -2.14. The zero-order valence-electron chi connectivity index (χ0n) is 9.60. The minimum Gasteiger partial charge on any atom is -0.396 e. The molecule has 0 heterocycles. The molecule has 0 aromatic heterocycles. The van der Waals surface area contributed by atoms with E-state index in [9.17, 15) is 0 Å². The molecule has 1 rings (SSSR count). The van der Waals surface area contributed by atoms with Crippen molar-refractivity contribution in [3.63, 3.8) is 0 Å². The molecule has 0 saturated heterocycles. The topological polar surface area (TPSA) is 49.7 Å². The molecule has 1 aliphatic carbocycles. The Labute approximate surface area is 91.8 Å². The molecule has 0 aromatic rings. The van der Waals surface area contributed by atoms with Gasteiger partial charge in [-0.1, -0.05) is 19.1 Å². The van der Waals surface area contributed by atoms with Crippen LogP contribution in [0, 0.1) is 17.8 Å². The van der Waals surface area contributed by atoms with Crippen LogP contribution in [0.3, 0.4) is 0 Å². The maximum Gasteiger partial charge on any atom is 0.0637 e. The van der Waals surface area contributed by atoms with Crippen molar-refractivity contribution in [3.05, 3.63) is 12.2 Å². The molecule has 15 heavy (non-hydrogen) atoms. The molecule has 0 amide bonds. The zero-order valence-corrected chi connectivity index (χ0v) is 9.60. The Kier molecular flexibility index (Phi) is 5.29. The van der Waals surface area contributed by atoms with Crippen LogP contribution in [0.25, 0.3) is 0 Å². The maximum absolute atomic E-state index is 8.97. The summed E-state index contributed by atoms with van der Waals surface area (Å²) >= 11 is 0. The van der Waals surface area contributed by atoms with Gasteiger partial charge in [0.05, 0.1) is 6.10 Å². The molecule has 0 spiro atoms. The Balaban J connectivity index is 2.26. The fraction of sp³-hybridized carbons (Fsp3) is 0.833. The van der Waals surface area contributed by atoms with Crippen LogP contribution in [0.2, 0.25) is 0 Å². The normalized spacial score (nSPS) is 29.3. The Hall–Kier alpha value is -0.380. The summed E-state index contributed by atoms with van der Waals surface area (Å²) in [6.45, 7) is 2.45. The second kappa shape index (κ2) is 6.26. The highest BCUT2D eigenvalue weighted by Gasteiger charge is 2.41. The second-order valence-corrected chi connectivity index (χ2v) is 4.44. The Morgan fingerprint density at radius 1 is 1.47 bits per heavy atom. The van der Waals surface area contributed by atoms with E-state index in [2.05, 4.69) is 6.08 Å². The highest BCUT2D eigenvalue weighted by atomic mass is 16.5. The van der Waals surface area contributed by atoms with E-state index < -0.39 is 0 Å². The van der Waals surface area contributed by atoms with E-state index in [1.807, 2.05) is 13.0 Å². The van der Waals surface area contributed by atoms with Crippen molar-refractivity contribution in [1.29, 1.82) is 0 Å². The van der Waals surface area contributed by atoms with Crippen molar-refractivity contribution in [2.75, 3.05) is 20.3 Å². The summed E-state index contributed by atoms with van der Waals surface area (Å²) in [6, 6.07) is 0. The van der Waals surface area contributed by atoms with Crippen molar-refractivity contribution < 1.29 is 14.9 Å². The zero-order chi connectivity index (χ0) is 11.3. The molecule has 0 aromatic carbocycles. The Morgan fingerprint density at radius 3 is 2.67 bits per heavy atom. The van der Waals surface area contributed by atoms with Crippen LogP contribution < -0.4 is 0 Å². The molecular formula is C12H22O3. The van der Waals surface area contributed by atoms with Gasteiger partial charge in [-0.25, -0.2) is 0 Å². The van der Waals surface area contributed by atoms with Gasteiger partial charge >= 0.3 is 0 Å². The number of aliphatic hydroxyl groups is 2. The van der Waals surface area contributed by atoms with E-state index in [1.54, 1.807) is 7.11 Å². The Bertz CT molecular complexity index is 203. The lowest BCUT2D eigenvalue weighted by Gasteiger charge is -2.12. The maximum atomic E-state index is 8.97. The third kappa shape index (κ3) is 3.93. The van der Waals surface area contributed by atoms with Crippen LogP contribution in [0.15, 0.2) is 12.2 Å². The third-order valence-electron chi connectivity index (χ3n) is 3.11. The van der Waals surface area contributed by atoms with E-state index in [4.69, 9.17) is 14.9 Å². The molecule has 0 unspecified atom stereocenters. The third-order valence-corrected chi connectivity index (χ3v) is 3.11. The minimum atomic E-state index is 0.191. The molecule has 3 nitrogen and oxygen atoms in total. The van der Waals surface area contributed by atoms with Gasteiger partial charge in [0, 0.05) is 20.3 Å². The van der Waals surface area contributed by atoms with Crippen LogP contribution in [0.4, 0.5) is 0 Å². The van der Waals surface area contributed by atoms with Crippen molar-refractivity contribution in [2.24, 2.45) is 17.8 Å². The first-order chi connectivity index (χ1) is 7.22. The number of hydrogen-bond donors (Lipinski definition) is 2. The van der Waals surface area contributed by atoms with Crippen molar-refractivity contribution in [2.45, 2.75) is 25.9 Å². The quantitative estimate of drug-likeness (QED) is 0.626. The average molecular weight is 214 g/mol.